The minimum absolute atomic E-state index is 0.169. The summed E-state index contributed by atoms with van der Waals surface area (Å²) in [6.07, 6.45) is 0.208. The molecule has 1 atom stereocenters. The van der Waals surface area contributed by atoms with Gasteiger partial charge in [0.15, 0.2) is 0 Å². The first kappa shape index (κ1) is 18.8. The molecule has 146 valence electrons. The molecular weight excluding hydrogens is 378 g/mol. The van der Waals surface area contributed by atoms with Gasteiger partial charge in [-0.3, -0.25) is 14.5 Å². The SMILES string of the molecule is COc1ccccc1N1CCN([C@@H]2CC(=O)N(c3cccc(Cl)c3)C2=O)CC1. The van der Waals surface area contributed by atoms with Crippen molar-refractivity contribution in [2.45, 2.75) is 12.5 Å². The highest BCUT2D eigenvalue weighted by atomic mass is 35.5. The van der Waals surface area contributed by atoms with E-state index in [2.05, 4.69) is 9.80 Å². The van der Waals surface area contributed by atoms with Crippen LogP contribution < -0.4 is 14.5 Å². The Hall–Kier alpha value is -2.57. The summed E-state index contributed by atoms with van der Waals surface area (Å²) in [6, 6.07) is 14.4. The van der Waals surface area contributed by atoms with E-state index in [0.29, 0.717) is 23.8 Å². The number of nitrogens with zero attached hydrogens (tertiary/aromatic N) is 3. The number of rotatable bonds is 4. The number of amides is 2. The predicted molar refractivity (Wildman–Crippen MR) is 109 cm³/mol. The Kier molecular flexibility index (Phi) is 5.24. The van der Waals surface area contributed by atoms with Gasteiger partial charge >= 0.3 is 0 Å². The lowest BCUT2D eigenvalue weighted by atomic mass is 10.1. The Morgan fingerprint density at radius 3 is 2.46 bits per heavy atom. The number of carbonyl (C=O) groups is 2. The van der Waals surface area contributed by atoms with Crippen molar-refractivity contribution in [3.05, 3.63) is 53.6 Å². The molecule has 4 rings (SSSR count). The molecule has 2 amide bonds. The van der Waals surface area contributed by atoms with Crippen LogP contribution in [0.5, 0.6) is 5.75 Å². The van der Waals surface area contributed by atoms with E-state index in [1.807, 2.05) is 24.3 Å². The zero-order valence-electron chi connectivity index (χ0n) is 15.7. The summed E-state index contributed by atoms with van der Waals surface area (Å²) in [5.41, 5.74) is 1.59. The lowest BCUT2D eigenvalue weighted by Crippen LogP contribution is -2.52. The van der Waals surface area contributed by atoms with Gasteiger partial charge < -0.3 is 9.64 Å². The molecule has 0 spiro atoms. The third kappa shape index (κ3) is 3.45. The van der Waals surface area contributed by atoms with E-state index < -0.39 is 6.04 Å². The van der Waals surface area contributed by atoms with E-state index in [4.69, 9.17) is 16.3 Å². The molecule has 2 saturated heterocycles. The molecule has 28 heavy (non-hydrogen) atoms. The summed E-state index contributed by atoms with van der Waals surface area (Å²) in [7, 11) is 1.67. The van der Waals surface area contributed by atoms with E-state index in [9.17, 15) is 9.59 Å². The zero-order valence-corrected chi connectivity index (χ0v) is 16.4. The van der Waals surface area contributed by atoms with Crippen LogP contribution in [0.3, 0.4) is 0 Å². The number of benzene rings is 2. The van der Waals surface area contributed by atoms with Crippen LogP contribution in [0, 0.1) is 0 Å². The van der Waals surface area contributed by atoms with Gasteiger partial charge in [0.25, 0.3) is 5.91 Å². The molecule has 2 fully saturated rings. The van der Waals surface area contributed by atoms with Crippen molar-refractivity contribution in [1.29, 1.82) is 0 Å². The van der Waals surface area contributed by atoms with Gasteiger partial charge in [0.1, 0.15) is 5.75 Å². The fourth-order valence-corrected chi connectivity index (χ4v) is 4.14. The number of methoxy groups -OCH3 is 1. The molecule has 6 nitrogen and oxygen atoms in total. The number of anilines is 2. The fraction of sp³-hybridized carbons (Fsp3) is 0.333. The van der Waals surface area contributed by atoms with E-state index in [0.717, 1.165) is 24.5 Å². The summed E-state index contributed by atoms with van der Waals surface area (Å²) in [5, 5.41) is 0.506. The second kappa shape index (κ2) is 7.81. The lowest BCUT2D eigenvalue weighted by molar-refractivity contribution is -0.123. The number of carbonyl (C=O) groups excluding carboxylic acids is 2. The molecule has 0 unspecified atom stereocenters. The van der Waals surface area contributed by atoms with Crippen molar-refractivity contribution in [3.63, 3.8) is 0 Å². The van der Waals surface area contributed by atoms with Crippen LogP contribution in [0.4, 0.5) is 11.4 Å². The van der Waals surface area contributed by atoms with Crippen molar-refractivity contribution in [1.82, 2.24) is 4.90 Å². The first-order valence-corrected chi connectivity index (χ1v) is 9.70. The quantitative estimate of drug-likeness (QED) is 0.740. The Morgan fingerprint density at radius 2 is 1.75 bits per heavy atom. The van der Waals surface area contributed by atoms with Gasteiger partial charge in [-0.25, -0.2) is 4.90 Å². The Morgan fingerprint density at radius 1 is 1.00 bits per heavy atom. The number of piperazine rings is 1. The van der Waals surface area contributed by atoms with Crippen LogP contribution >= 0.6 is 11.6 Å². The number of hydrogen-bond donors (Lipinski definition) is 0. The molecular formula is C21H22ClN3O3. The van der Waals surface area contributed by atoms with Gasteiger partial charge in [-0.05, 0) is 30.3 Å². The highest BCUT2D eigenvalue weighted by Gasteiger charge is 2.43. The Labute approximate surface area is 169 Å². The number of imide groups is 1. The van der Waals surface area contributed by atoms with Crippen LogP contribution in [0.15, 0.2) is 48.5 Å². The second-order valence-electron chi connectivity index (χ2n) is 6.96. The standard InChI is InChI=1S/C21H22ClN3O3/c1-28-19-8-3-2-7-17(19)23-9-11-24(12-10-23)18-14-20(26)25(21(18)27)16-6-4-5-15(22)13-16/h2-8,13,18H,9-12,14H2,1H3/t18-/m1/s1. The average molecular weight is 400 g/mol. The van der Waals surface area contributed by atoms with E-state index in [1.165, 1.54) is 4.90 Å². The van der Waals surface area contributed by atoms with Crippen molar-refractivity contribution in [2.75, 3.05) is 43.1 Å². The minimum Gasteiger partial charge on any atom is -0.495 e. The molecule has 2 aromatic carbocycles. The molecule has 2 aromatic rings. The number of halogens is 1. The first-order valence-electron chi connectivity index (χ1n) is 9.33. The molecule has 0 N–H and O–H groups in total. The number of hydrogen-bond acceptors (Lipinski definition) is 5. The van der Waals surface area contributed by atoms with Crippen LogP contribution in [-0.2, 0) is 9.59 Å². The van der Waals surface area contributed by atoms with Crippen LogP contribution in [-0.4, -0.2) is 56.0 Å². The van der Waals surface area contributed by atoms with Gasteiger partial charge in [0.2, 0.25) is 5.91 Å². The molecule has 0 bridgehead atoms. The smallest absolute Gasteiger partial charge is 0.251 e. The van der Waals surface area contributed by atoms with E-state index >= 15 is 0 Å². The first-order chi connectivity index (χ1) is 13.6. The minimum atomic E-state index is -0.411. The Bertz CT molecular complexity index is 896. The summed E-state index contributed by atoms with van der Waals surface area (Å²) < 4.78 is 5.46. The molecule has 2 aliphatic rings. The maximum atomic E-state index is 13.0. The summed E-state index contributed by atoms with van der Waals surface area (Å²) >= 11 is 6.03. The molecule has 0 aromatic heterocycles. The van der Waals surface area contributed by atoms with Crippen LogP contribution in [0.2, 0.25) is 5.02 Å². The third-order valence-corrected chi connectivity index (χ3v) is 5.61. The average Bonchev–Trinajstić information content (AvgIpc) is 3.02. The van der Waals surface area contributed by atoms with Crippen molar-refractivity contribution in [3.8, 4) is 5.75 Å². The normalized spacial score (nSPS) is 20.7. The highest BCUT2D eigenvalue weighted by molar-refractivity contribution is 6.31. The maximum Gasteiger partial charge on any atom is 0.251 e. The monoisotopic (exact) mass is 399 g/mol. The van der Waals surface area contributed by atoms with Gasteiger partial charge in [-0.15, -0.1) is 0 Å². The third-order valence-electron chi connectivity index (χ3n) is 5.37. The largest absolute Gasteiger partial charge is 0.495 e. The number of ether oxygens (including phenoxy) is 1. The topological polar surface area (TPSA) is 53.1 Å². The molecule has 0 saturated carbocycles. The van der Waals surface area contributed by atoms with Crippen molar-refractivity contribution < 1.29 is 14.3 Å². The van der Waals surface area contributed by atoms with Gasteiger partial charge in [-0.1, -0.05) is 29.8 Å². The molecule has 0 radical (unpaired) electrons. The molecule has 2 aliphatic heterocycles. The fourth-order valence-electron chi connectivity index (χ4n) is 3.95. The highest BCUT2D eigenvalue weighted by Crippen LogP contribution is 2.31. The maximum absolute atomic E-state index is 13.0. The van der Waals surface area contributed by atoms with Crippen molar-refractivity contribution >= 4 is 34.8 Å². The van der Waals surface area contributed by atoms with Gasteiger partial charge in [0.05, 0.1) is 30.9 Å². The van der Waals surface area contributed by atoms with Crippen molar-refractivity contribution in [2.24, 2.45) is 0 Å². The Balaban J connectivity index is 1.45. The van der Waals surface area contributed by atoms with Gasteiger partial charge in [-0.2, -0.15) is 0 Å². The second-order valence-corrected chi connectivity index (χ2v) is 7.40. The summed E-state index contributed by atoms with van der Waals surface area (Å²) in [4.78, 5) is 31.1. The molecule has 7 heteroatoms. The zero-order chi connectivity index (χ0) is 19.7. The van der Waals surface area contributed by atoms with E-state index in [-0.39, 0.29) is 18.2 Å². The summed E-state index contributed by atoms with van der Waals surface area (Å²) in [6.45, 7) is 2.97. The van der Waals surface area contributed by atoms with Crippen LogP contribution in [0.1, 0.15) is 6.42 Å². The lowest BCUT2D eigenvalue weighted by Gasteiger charge is -2.38. The number of para-hydroxylation sites is 2. The van der Waals surface area contributed by atoms with E-state index in [1.54, 1.807) is 31.4 Å². The summed E-state index contributed by atoms with van der Waals surface area (Å²) in [5.74, 6) is 0.498. The van der Waals surface area contributed by atoms with Crippen LogP contribution in [0.25, 0.3) is 0 Å². The van der Waals surface area contributed by atoms with Gasteiger partial charge in [0, 0.05) is 31.2 Å². The predicted octanol–water partition coefficient (Wildman–Crippen LogP) is 2.80. The molecule has 0 aliphatic carbocycles. The molecule has 2 heterocycles.